The summed E-state index contributed by atoms with van der Waals surface area (Å²) in [6.07, 6.45) is 0.599. The molecular weight excluding hydrogens is 510 g/mol. The van der Waals surface area contributed by atoms with E-state index in [1.165, 1.54) is 36.0 Å². The number of sulfonamides is 1. The molecule has 0 radical (unpaired) electrons. The van der Waals surface area contributed by atoms with Crippen LogP contribution in [0.1, 0.15) is 5.56 Å². The van der Waals surface area contributed by atoms with E-state index in [9.17, 15) is 13.2 Å². The number of nitrogens with zero attached hydrogens (tertiary/aromatic N) is 2. The zero-order valence-corrected chi connectivity index (χ0v) is 21.6. The summed E-state index contributed by atoms with van der Waals surface area (Å²) in [6.45, 7) is 0.548. The molecule has 1 aromatic heterocycles. The third-order valence-electron chi connectivity index (χ3n) is 5.22. The minimum absolute atomic E-state index is 0.136. The topological polar surface area (TPSA) is 126 Å². The Bertz CT molecular complexity index is 1380. The maximum atomic E-state index is 12.5. The number of ether oxygens (including phenoxy) is 1. The second-order valence-electron chi connectivity index (χ2n) is 7.92. The molecule has 0 aliphatic carbocycles. The predicted octanol–water partition coefficient (Wildman–Crippen LogP) is 3.28. The van der Waals surface area contributed by atoms with E-state index in [1.54, 1.807) is 0 Å². The van der Waals surface area contributed by atoms with Crippen molar-refractivity contribution >= 4 is 27.7 Å². The van der Waals surface area contributed by atoms with Crippen molar-refractivity contribution in [1.29, 1.82) is 0 Å². The molecule has 4 aromatic rings. The van der Waals surface area contributed by atoms with Gasteiger partial charge in [0.25, 0.3) is 5.91 Å². The minimum atomic E-state index is -3.63. The molecule has 37 heavy (non-hydrogen) atoms. The van der Waals surface area contributed by atoms with Gasteiger partial charge in [-0.05, 0) is 36.2 Å². The van der Waals surface area contributed by atoms with Gasteiger partial charge in [-0.1, -0.05) is 72.4 Å². The fourth-order valence-corrected chi connectivity index (χ4v) is 5.03. The van der Waals surface area contributed by atoms with Crippen molar-refractivity contribution in [2.24, 2.45) is 0 Å². The van der Waals surface area contributed by atoms with Crippen molar-refractivity contribution in [2.45, 2.75) is 16.5 Å². The number of rotatable bonds is 13. The van der Waals surface area contributed by atoms with Crippen molar-refractivity contribution in [3.8, 4) is 17.1 Å². The average Bonchev–Trinajstić information content (AvgIpc) is 3.40. The standard InChI is InChI=1S/C26H27N5O4S2/c32-24(27-17-18-36-26-29-25(30-31-26)21-9-5-2-6-10-21)19-35-22-11-13-23(14-12-22)37(33,34)28-16-15-20-7-3-1-4-8-20/h1-14,28H,15-19H2,(H,27,32)(H,29,30,31). The number of nitrogens with one attached hydrogen (secondary N) is 3. The smallest absolute Gasteiger partial charge is 0.257 e. The first-order valence-corrected chi connectivity index (χ1v) is 14.1. The fraction of sp³-hybridized carbons (Fsp3) is 0.192. The van der Waals surface area contributed by atoms with Crippen LogP contribution in [0.4, 0.5) is 0 Å². The zero-order valence-electron chi connectivity index (χ0n) is 20.0. The van der Waals surface area contributed by atoms with Crippen molar-refractivity contribution in [1.82, 2.24) is 25.2 Å². The molecule has 0 saturated carbocycles. The van der Waals surface area contributed by atoms with Crippen LogP contribution in [0.2, 0.25) is 0 Å². The van der Waals surface area contributed by atoms with E-state index in [1.807, 2.05) is 60.7 Å². The molecule has 0 spiro atoms. The number of carbonyl (C=O) groups is 1. The van der Waals surface area contributed by atoms with Crippen molar-refractivity contribution in [3.63, 3.8) is 0 Å². The summed E-state index contributed by atoms with van der Waals surface area (Å²) in [7, 11) is -3.63. The molecule has 3 aromatic carbocycles. The summed E-state index contributed by atoms with van der Waals surface area (Å²) >= 11 is 1.43. The van der Waals surface area contributed by atoms with Gasteiger partial charge in [0.05, 0.1) is 4.90 Å². The number of hydrogen-bond donors (Lipinski definition) is 3. The molecule has 0 saturated heterocycles. The van der Waals surface area contributed by atoms with E-state index in [0.717, 1.165) is 11.1 Å². The lowest BCUT2D eigenvalue weighted by molar-refractivity contribution is -0.122. The summed E-state index contributed by atoms with van der Waals surface area (Å²) in [5, 5.41) is 10.5. The lowest BCUT2D eigenvalue weighted by atomic mass is 10.2. The molecule has 3 N–H and O–H groups in total. The molecule has 192 valence electrons. The van der Waals surface area contributed by atoms with E-state index in [4.69, 9.17) is 4.74 Å². The van der Waals surface area contributed by atoms with Crippen LogP contribution in [-0.2, 0) is 21.2 Å². The third kappa shape index (κ3) is 8.17. The van der Waals surface area contributed by atoms with Crippen LogP contribution < -0.4 is 14.8 Å². The van der Waals surface area contributed by atoms with Gasteiger partial charge < -0.3 is 10.1 Å². The molecule has 0 atom stereocenters. The van der Waals surface area contributed by atoms with Crippen LogP contribution in [0.3, 0.4) is 0 Å². The van der Waals surface area contributed by atoms with Crippen molar-refractivity contribution < 1.29 is 17.9 Å². The molecule has 11 heteroatoms. The molecule has 4 rings (SSSR count). The highest BCUT2D eigenvalue weighted by Gasteiger charge is 2.14. The highest BCUT2D eigenvalue weighted by atomic mass is 32.2. The Balaban J connectivity index is 1.14. The summed E-state index contributed by atoms with van der Waals surface area (Å²) in [5.74, 6) is 1.42. The van der Waals surface area contributed by atoms with E-state index in [0.29, 0.717) is 42.0 Å². The number of aromatic amines is 1. The van der Waals surface area contributed by atoms with E-state index < -0.39 is 10.0 Å². The van der Waals surface area contributed by atoms with Gasteiger partial charge in [0.1, 0.15) is 5.75 Å². The highest BCUT2D eigenvalue weighted by molar-refractivity contribution is 7.99. The molecule has 0 aliphatic heterocycles. The Hall–Kier alpha value is -3.67. The van der Waals surface area contributed by atoms with Gasteiger partial charge in [-0.2, -0.15) is 0 Å². The normalized spacial score (nSPS) is 11.2. The second-order valence-corrected chi connectivity index (χ2v) is 10.8. The maximum absolute atomic E-state index is 12.5. The number of amides is 1. The summed E-state index contributed by atoms with van der Waals surface area (Å²) in [6, 6.07) is 25.3. The lowest BCUT2D eigenvalue weighted by Crippen LogP contribution is -2.30. The number of carbonyl (C=O) groups excluding carboxylic acids is 1. The molecule has 1 heterocycles. The van der Waals surface area contributed by atoms with Gasteiger partial charge in [-0.15, -0.1) is 5.10 Å². The van der Waals surface area contributed by atoms with Crippen LogP contribution in [0.25, 0.3) is 11.4 Å². The van der Waals surface area contributed by atoms with Gasteiger partial charge in [0.15, 0.2) is 12.4 Å². The average molecular weight is 538 g/mol. The van der Waals surface area contributed by atoms with Gasteiger partial charge in [0, 0.05) is 24.4 Å². The van der Waals surface area contributed by atoms with Crippen LogP contribution in [0.15, 0.2) is 95.0 Å². The van der Waals surface area contributed by atoms with Gasteiger partial charge in [0.2, 0.25) is 15.2 Å². The Kier molecular flexibility index (Phi) is 9.30. The maximum Gasteiger partial charge on any atom is 0.257 e. The quantitative estimate of drug-likeness (QED) is 0.176. The van der Waals surface area contributed by atoms with E-state index in [2.05, 4.69) is 25.2 Å². The largest absolute Gasteiger partial charge is 0.484 e. The van der Waals surface area contributed by atoms with Crippen LogP contribution >= 0.6 is 11.8 Å². The fourth-order valence-electron chi connectivity index (χ4n) is 3.34. The Morgan fingerprint density at radius 2 is 1.62 bits per heavy atom. The van der Waals surface area contributed by atoms with Gasteiger partial charge >= 0.3 is 0 Å². The number of aromatic nitrogens is 3. The van der Waals surface area contributed by atoms with E-state index >= 15 is 0 Å². The summed E-state index contributed by atoms with van der Waals surface area (Å²) in [4.78, 5) is 16.7. The number of H-pyrrole nitrogens is 1. The van der Waals surface area contributed by atoms with Crippen LogP contribution in [-0.4, -0.2) is 55.0 Å². The van der Waals surface area contributed by atoms with Crippen LogP contribution in [0, 0.1) is 0 Å². The van der Waals surface area contributed by atoms with Gasteiger partial charge in [-0.3, -0.25) is 9.89 Å². The van der Waals surface area contributed by atoms with Gasteiger partial charge in [-0.25, -0.2) is 18.1 Å². The number of thioether (sulfide) groups is 1. The zero-order chi connectivity index (χ0) is 25.9. The first kappa shape index (κ1) is 26.4. The Labute approximate surface area is 220 Å². The minimum Gasteiger partial charge on any atom is -0.484 e. The summed E-state index contributed by atoms with van der Waals surface area (Å²) in [5.41, 5.74) is 2.01. The Morgan fingerprint density at radius 1 is 0.919 bits per heavy atom. The molecule has 0 fully saturated rings. The van der Waals surface area contributed by atoms with Crippen molar-refractivity contribution in [2.75, 3.05) is 25.4 Å². The molecule has 0 unspecified atom stereocenters. The first-order chi connectivity index (χ1) is 18.0. The molecule has 9 nitrogen and oxygen atoms in total. The predicted molar refractivity (Wildman–Crippen MR) is 143 cm³/mol. The first-order valence-electron chi connectivity index (χ1n) is 11.6. The van der Waals surface area contributed by atoms with Crippen molar-refractivity contribution in [3.05, 3.63) is 90.5 Å². The monoisotopic (exact) mass is 537 g/mol. The lowest BCUT2D eigenvalue weighted by Gasteiger charge is -2.09. The second kappa shape index (κ2) is 13.0. The SMILES string of the molecule is O=C(COc1ccc(S(=O)(=O)NCCc2ccccc2)cc1)NCCSc1n[nH]c(-c2ccccc2)n1. The number of benzene rings is 3. The van der Waals surface area contributed by atoms with Crippen LogP contribution in [0.5, 0.6) is 5.75 Å². The third-order valence-corrected chi connectivity index (χ3v) is 7.55. The van der Waals surface area contributed by atoms with E-state index in [-0.39, 0.29) is 17.4 Å². The highest BCUT2D eigenvalue weighted by Crippen LogP contribution is 2.18. The number of hydrogen-bond acceptors (Lipinski definition) is 7. The molecule has 0 bridgehead atoms. The Morgan fingerprint density at radius 3 is 2.35 bits per heavy atom. The molecule has 0 aliphatic rings. The molecular formula is C26H27N5O4S2. The molecule has 1 amide bonds. The summed E-state index contributed by atoms with van der Waals surface area (Å²) < 4.78 is 33.1.